The summed E-state index contributed by atoms with van der Waals surface area (Å²) >= 11 is 0. The van der Waals surface area contributed by atoms with E-state index in [1.807, 2.05) is 18.3 Å². The third-order valence-corrected chi connectivity index (χ3v) is 3.34. The number of rotatable bonds is 3. The smallest absolute Gasteiger partial charge is 0.130 e. The lowest BCUT2D eigenvalue weighted by Gasteiger charge is -2.13. The number of benzene rings is 1. The van der Waals surface area contributed by atoms with Crippen LogP contribution in [0.2, 0.25) is 0 Å². The molecule has 2 aromatic rings. The van der Waals surface area contributed by atoms with Gasteiger partial charge in [0.25, 0.3) is 0 Å². The summed E-state index contributed by atoms with van der Waals surface area (Å²) in [5.74, 6) is 0.324. The Morgan fingerprint density at radius 1 is 1.39 bits per heavy atom. The highest BCUT2D eigenvalue weighted by Gasteiger charge is 2.26. The molecule has 1 aromatic carbocycles. The Morgan fingerprint density at radius 2 is 2.17 bits per heavy atom. The van der Waals surface area contributed by atoms with Crippen LogP contribution >= 0.6 is 0 Å². The zero-order chi connectivity index (χ0) is 12.7. The summed E-state index contributed by atoms with van der Waals surface area (Å²) in [6, 6.07) is 6.64. The van der Waals surface area contributed by atoms with Crippen LogP contribution in [0.25, 0.3) is 5.69 Å². The average Bonchev–Trinajstić information content (AvgIpc) is 3.06. The molecule has 1 fully saturated rings. The zero-order valence-electron chi connectivity index (χ0n) is 10.3. The van der Waals surface area contributed by atoms with E-state index in [2.05, 4.69) is 5.10 Å². The van der Waals surface area contributed by atoms with Crippen LogP contribution in [0.4, 0.5) is 4.39 Å². The lowest BCUT2D eigenvalue weighted by Crippen LogP contribution is -2.12. The van der Waals surface area contributed by atoms with Crippen LogP contribution in [-0.2, 0) is 0 Å². The normalized spacial score (nSPS) is 16.8. The SMILES string of the molecule is CC(N)c1c(F)cccc1-n1ccc(C2CC2)n1. The molecule has 1 aliphatic rings. The van der Waals surface area contributed by atoms with Gasteiger partial charge in [0.1, 0.15) is 5.82 Å². The van der Waals surface area contributed by atoms with Crippen LogP contribution < -0.4 is 5.73 Å². The van der Waals surface area contributed by atoms with E-state index in [0.29, 0.717) is 11.5 Å². The fourth-order valence-corrected chi connectivity index (χ4v) is 2.25. The molecule has 1 aromatic heterocycles. The van der Waals surface area contributed by atoms with Gasteiger partial charge in [-0.25, -0.2) is 9.07 Å². The van der Waals surface area contributed by atoms with Crippen molar-refractivity contribution in [2.45, 2.75) is 31.7 Å². The van der Waals surface area contributed by atoms with Crippen molar-refractivity contribution in [1.29, 1.82) is 0 Å². The summed E-state index contributed by atoms with van der Waals surface area (Å²) in [6.45, 7) is 1.78. The number of aromatic nitrogens is 2. The molecule has 0 aliphatic heterocycles. The largest absolute Gasteiger partial charge is 0.324 e. The number of halogens is 1. The van der Waals surface area contributed by atoms with Gasteiger partial charge in [0.2, 0.25) is 0 Å². The van der Waals surface area contributed by atoms with Gasteiger partial charge in [-0.15, -0.1) is 0 Å². The van der Waals surface area contributed by atoms with E-state index < -0.39 is 0 Å². The predicted molar refractivity (Wildman–Crippen MR) is 68.1 cm³/mol. The van der Waals surface area contributed by atoms with Crippen molar-refractivity contribution in [2.24, 2.45) is 5.73 Å². The molecule has 0 saturated heterocycles. The van der Waals surface area contributed by atoms with Crippen molar-refractivity contribution in [1.82, 2.24) is 9.78 Å². The zero-order valence-corrected chi connectivity index (χ0v) is 10.3. The minimum Gasteiger partial charge on any atom is -0.324 e. The Bertz CT molecular complexity index is 570. The van der Waals surface area contributed by atoms with Gasteiger partial charge in [-0.05, 0) is 38.0 Å². The molecule has 0 bridgehead atoms. The summed E-state index contributed by atoms with van der Waals surface area (Å²) in [7, 11) is 0. The molecule has 94 valence electrons. The fraction of sp³-hybridized carbons (Fsp3) is 0.357. The third kappa shape index (κ3) is 1.93. The molecule has 0 spiro atoms. The lowest BCUT2D eigenvalue weighted by molar-refractivity contribution is 0.588. The van der Waals surface area contributed by atoms with Crippen molar-refractivity contribution < 1.29 is 4.39 Å². The van der Waals surface area contributed by atoms with Gasteiger partial charge in [-0.1, -0.05) is 6.07 Å². The summed E-state index contributed by atoms with van der Waals surface area (Å²) in [5, 5.41) is 4.52. The molecule has 0 radical (unpaired) electrons. The van der Waals surface area contributed by atoms with Crippen LogP contribution in [0.15, 0.2) is 30.5 Å². The summed E-state index contributed by atoms with van der Waals surface area (Å²) in [4.78, 5) is 0. The topological polar surface area (TPSA) is 43.8 Å². The Labute approximate surface area is 105 Å². The second-order valence-electron chi connectivity index (χ2n) is 4.92. The maximum atomic E-state index is 13.8. The van der Waals surface area contributed by atoms with Crippen molar-refractivity contribution in [2.75, 3.05) is 0 Å². The quantitative estimate of drug-likeness (QED) is 0.903. The monoisotopic (exact) mass is 245 g/mol. The first-order valence-electron chi connectivity index (χ1n) is 6.26. The highest BCUT2D eigenvalue weighted by Crippen LogP contribution is 2.39. The standard InChI is InChI=1S/C14H16FN3/c1-9(16)14-11(15)3-2-4-13(14)18-8-7-12(17-18)10-5-6-10/h2-4,7-10H,5-6,16H2,1H3. The maximum Gasteiger partial charge on any atom is 0.130 e. The highest BCUT2D eigenvalue weighted by molar-refractivity contribution is 5.43. The van der Waals surface area contributed by atoms with E-state index in [0.717, 1.165) is 11.4 Å². The maximum absolute atomic E-state index is 13.8. The minimum atomic E-state index is -0.352. The average molecular weight is 245 g/mol. The van der Waals surface area contributed by atoms with E-state index in [1.165, 1.54) is 18.9 Å². The van der Waals surface area contributed by atoms with E-state index >= 15 is 0 Å². The van der Waals surface area contributed by atoms with Crippen LogP contribution in [0.3, 0.4) is 0 Å². The van der Waals surface area contributed by atoms with Crippen LogP contribution in [0, 0.1) is 5.82 Å². The van der Waals surface area contributed by atoms with Gasteiger partial charge >= 0.3 is 0 Å². The van der Waals surface area contributed by atoms with Crippen molar-refractivity contribution >= 4 is 0 Å². The molecular formula is C14H16FN3. The van der Waals surface area contributed by atoms with E-state index in [-0.39, 0.29) is 11.9 Å². The van der Waals surface area contributed by atoms with Crippen LogP contribution in [0.1, 0.15) is 43.0 Å². The summed E-state index contributed by atoms with van der Waals surface area (Å²) < 4.78 is 15.6. The van der Waals surface area contributed by atoms with Gasteiger partial charge in [0, 0.05) is 23.7 Å². The first-order valence-corrected chi connectivity index (χ1v) is 6.26. The summed E-state index contributed by atoms with van der Waals surface area (Å²) in [5.41, 5.74) is 8.19. The van der Waals surface area contributed by atoms with E-state index in [9.17, 15) is 4.39 Å². The van der Waals surface area contributed by atoms with Gasteiger partial charge < -0.3 is 5.73 Å². The van der Waals surface area contributed by atoms with Gasteiger partial charge in [-0.2, -0.15) is 5.10 Å². The third-order valence-electron chi connectivity index (χ3n) is 3.34. The molecule has 18 heavy (non-hydrogen) atoms. The molecule has 1 heterocycles. The molecule has 4 heteroatoms. The van der Waals surface area contributed by atoms with Crippen LogP contribution in [0.5, 0.6) is 0 Å². The molecule has 1 unspecified atom stereocenters. The Hall–Kier alpha value is -1.68. The molecule has 3 nitrogen and oxygen atoms in total. The molecule has 1 atom stereocenters. The molecular weight excluding hydrogens is 229 g/mol. The Kier molecular flexibility index (Phi) is 2.67. The number of nitrogens with two attached hydrogens (primary N) is 1. The van der Waals surface area contributed by atoms with Gasteiger partial charge in [0.15, 0.2) is 0 Å². The van der Waals surface area contributed by atoms with Crippen molar-refractivity contribution in [3.8, 4) is 5.69 Å². The molecule has 2 N–H and O–H groups in total. The van der Waals surface area contributed by atoms with Crippen molar-refractivity contribution in [3.63, 3.8) is 0 Å². The summed E-state index contributed by atoms with van der Waals surface area (Å²) in [6.07, 6.45) is 4.30. The number of nitrogens with zero attached hydrogens (tertiary/aromatic N) is 2. The first-order chi connectivity index (χ1) is 8.66. The van der Waals surface area contributed by atoms with Gasteiger partial charge in [-0.3, -0.25) is 0 Å². The minimum absolute atomic E-state index is 0.272. The molecule has 1 aliphatic carbocycles. The fourth-order valence-electron chi connectivity index (χ4n) is 2.25. The predicted octanol–water partition coefficient (Wildman–Crippen LogP) is 2.91. The second-order valence-corrected chi connectivity index (χ2v) is 4.92. The van der Waals surface area contributed by atoms with Crippen LogP contribution in [-0.4, -0.2) is 9.78 Å². The first kappa shape index (κ1) is 11.4. The second kappa shape index (κ2) is 4.21. The Balaban J connectivity index is 2.06. The Morgan fingerprint density at radius 3 is 2.83 bits per heavy atom. The van der Waals surface area contributed by atoms with Crippen molar-refractivity contribution in [3.05, 3.63) is 47.5 Å². The number of hydrogen-bond acceptors (Lipinski definition) is 2. The van der Waals surface area contributed by atoms with Gasteiger partial charge in [0.05, 0.1) is 11.4 Å². The van der Waals surface area contributed by atoms with E-state index in [1.54, 1.807) is 17.7 Å². The molecule has 3 rings (SSSR count). The molecule has 0 amide bonds. The lowest BCUT2D eigenvalue weighted by atomic mass is 10.1. The number of hydrogen-bond donors (Lipinski definition) is 1. The molecule has 1 saturated carbocycles. The highest BCUT2D eigenvalue weighted by atomic mass is 19.1. The van der Waals surface area contributed by atoms with E-state index in [4.69, 9.17) is 5.73 Å².